The van der Waals surface area contributed by atoms with Crippen molar-refractivity contribution in [3.8, 4) is 0 Å². The second kappa shape index (κ2) is 7.17. The minimum Gasteiger partial charge on any atom is -0.478 e. The third-order valence-corrected chi connectivity index (χ3v) is 3.60. The first kappa shape index (κ1) is 15.4. The standard InChI is InChI=1S/C15H22N4O2/c1-18(2)11-12-5-7-19(8-6-12)15-16-9-13(10-17-15)3-4-14(20)21/h3-4,9-10,12H,5-8,11H2,1-2H3,(H,20,21)/b4-3+. The lowest BCUT2D eigenvalue weighted by atomic mass is 9.97. The zero-order chi connectivity index (χ0) is 15.2. The first-order valence-electron chi connectivity index (χ1n) is 7.17. The number of carboxylic acids is 1. The molecule has 0 aromatic carbocycles. The van der Waals surface area contributed by atoms with E-state index in [0.29, 0.717) is 5.56 Å². The predicted octanol–water partition coefficient (Wildman–Crippen LogP) is 1.35. The van der Waals surface area contributed by atoms with E-state index in [4.69, 9.17) is 5.11 Å². The number of carbonyl (C=O) groups is 1. The number of aromatic nitrogens is 2. The van der Waals surface area contributed by atoms with E-state index >= 15 is 0 Å². The lowest BCUT2D eigenvalue weighted by Crippen LogP contribution is -2.37. The molecule has 1 aliphatic heterocycles. The highest BCUT2D eigenvalue weighted by Gasteiger charge is 2.21. The van der Waals surface area contributed by atoms with Gasteiger partial charge in [0.1, 0.15) is 0 Å². The summed E-state index contributed by atoms with van der Waals surface area (Å²) in [4.78, 5) is 23.5. The molecule has 2 rings (SSSR count). The van der Waals surface area contributed by atoms with E-state index in [1.54, 1.807) is 12.4 Å². The van der Waals surface area contributed by atoms with E-state index < -0.39 is 5.97 Å². The van der Waals surface area contributed by atoms with Crippen LogP contribution in [0.15, 0.2) is 18.5 Å². The van der Waals surface area contributed by atoms with E-state index in [1.807, 2.05) is 0 Å². The first-order chi connectivity index (χ1) is 10.0. The molecule has 6 nitrogen and oxygen atoms in total. The van der Waals surface area contributed by atoms with Gasteiger partial charge in [0.05, 0.1) is 0 Å². The van der Waals surface area contributed by atoms with E-state index in [0.717, 1.165) is 50.4 Å². The predicted molar refractivity (Wildman–Crippen MR) is 82.2 cm³/mol. The summed E-state index contributed by atoms with van der Waals surface area (Å²) in [6.45, 7) is 3.08. The Morgan fingerprint density at radius 2 is 2.00 bits per heavy atom. The number of rotatable bonds is 5. The molecule has 6 heteroatoms. The monoisotopic (exact) mass is 290 g/mol. The van der Waals surface area contributed by atoms with Gasteiger partial charge in [-0.3, -0.25) is 0 Å². The minimum absolute atomic E-state index is 0.698. The second-order valence-corrected chi connectivity index (χ2v) is 5.68. The Bertz CT molecular complexity index is 491. The van der Waals surface area contributed by atoms with Crippen molar-refractivity contribution in [3.63, 3.8) is 0 Å². The molecule has 0 radical (unpaired) electrons. The number of hydrogen-bond donors (Lipinski definition) is 1. The smallest absolute Gasteiger partial charge is 0.328 e. The van der Waals surface area contributed by atoms with Crippen LogP contribution < -0.4 is 4.90 Å². The molecule has 0 unspecified atom stereocenters. The maximum Gasteiger partial charge on any atom is 0.328 e. The van der Waals surface area contributed by atoms with Gasteiger partial charge in [0.15, 0.2) is 0 Å². The minimum atomic E-state index is -0.970. The average molecular weight is 290 g/mol. The molecule has 0 atom stereocenters. The van der Waals surface area contributed by atoms with Crippen LogP contribution >= 0.6 is 0 Å². The molecule has 114 valence electrons. The highest BCUT2D eigenvalue weighted by molar-refractivity contribution is 5.85. The Morgan fingerprint density at radius 1 is 1.38 bits per heavy atom. The largest absolute Gasteiger partial charge is 0.478 e. The molecular formula is C15H22N4O2. The maximum absolute atomic E-state index is 10.5. The van der Waals surface area contributed by atoms with Gasteiger partial charge in [-0.15, -0.1) is 0 Å². The second-order valence-electron chi connectivity index (χ2n) is 5.68. The van der Waals surface area contributed by atoms with Gasteiger partial charge in [-0.25, -0.2) is 14.8 Å². The number of nitrogens with zero attached hydrogens (tertiary/aromatic N) is 4. The molecule has 1 aromatic heterocycles. The maximum atomic E-state index is 10.5. The summed E-state index contributed by atoms with van der Waals surface area (Å²) in [7, 11) is 4.22. The molecule has 21 heavy (non-hydrogen) atoms. The molecule has 2 heterocycles. The lowest BCUT2D eigenvalue weighted by Gasteiger charge is -2.33. The van der Waals surface area contributed by atoms with Gasteiger partial charge >= 0.3 is 5.97 Å². The molecule has 1 N–H and O–H groups in total. The van der Waals surface area contributed by atoms with Gasteiger partial charge in [0, 0.05) is 43.7 Å². The number of anilines is 1. The van der Waals surface area contributed by atoms with Crippen LogP contribution in [0.25, 0.3) is 6.08 Å². The average Bonchev–Trinajstić information content (AvgIpc) is 2.46. The van der Waals surface area contributed by atoms with E-state index in [-0.39, 0.29) is 0 Å². The summed E-state index contributed by atoms with van der Waals surface area (Å²) in [5, 5.41) is 8.58. The van der Waals surface area contributed by atoms with Crippen molar-refractivity contribution in [2.45, 2.75) is 12.8 Å². The molecule has 1 aromatic rings. The highest BCUT2D eigenvalue weighted by Crippen LogP contribution is 2.20. The molecule has 0 amide bonds. The van der Waals surface area contributed by atoms with Crippen LogP contribution in [0.5, 0.6) is 0 Å². The van der Waals surface area contributed by atoms with E-state index in [2.05, 4.69) is 33.9 Å². The quantitative estimate of drug-likeness (QED) is 0.826. The highest BCUT2D eigenvalue weighted by atomic mass is 16.4. The van der Waals surface area contributed by atoms with Crippen LogP contribution in [-0.4, -0.2) is 59.7 Å². The lowest BCUT2D eigenvalue weighted by molar-refractivity contribution is -0.131. The Labute approximate surface area is 125 Å². The summed E-state index contributed by atoms with van der Waals surface area (Å²) in [5.74, 6) is 0.502. The summed E-state index contributed by atoms with van der Waals surface area (Å²) in [6.07, 6.45) is 8.21. The fourth-order valence-corrected chi connectivity index (χ4v) is 2.58. The topological polar surface area (TPSA) is 69.6 Å². The van der Waals surface area contributed by atoms with Gasteiger partial charge in [-0.1, -0.05) is 0 Å². The van der Waals surface area contributed by atoms with Crippen molar-refractivity contribution in [2.24, 2.45) is 5.92 Å². The Balaban J connectivity index is 1.90. The van der Waals surface area contributed by atoms with Gasteiger partial charge in [0.25, 0.3) is 0 Å². The van der Waals surface area contributed by atoms with Crippen LogP contribution in [0.1, 0.15) is 18.4 Å². The van der Waals surface area contributed by atoms with Crippen LogP contribution in [0, 0.1) is 5.92 Å². The van der Waals surface area contributed by atoms with Crippen molar-refractivity contribution >= 4 is 18.0 Å². The molecule has 1 saturated heterocycles. The molecule has 0 saturated carbocycles. The number of carboxylic acid groups (broad SMARTS) is 1. The van der Waals surface area contributed by atoms with Crippen LogP contribution in [-0.2, 0) is 4.79 Å². The van der Waals surface area contributed by atoms with Crippen LogP contribution in [0.4, 0.5) is 5.95 Å². The molecule has 1 fully saturated rings. The van der Waals surface area contributed by atoms with Crippen LogP contribution in [0.2, 0.25) is 0 Å². The van der Waals surface area contributed by atoms with Crippen LogP contribution in [0.3, 0.4) is 0 Å². The molecule has 0 spiro atoms. The van der Waals surface area contributed by atoms with Gasteiger partial charge < -0.3 is 14.9 Å². The fourth-order valence-electron chi connectivity index (χ4n) is 2.58. The number of hydrogen-bond acceptors (Lipinski definition) is 5. The number of aliphatic carboxylic acids is 1. The van der Waals surface area contributed by atoms with E-state index in [1.165, 1.54) is 6.08 Å². The fraction of sp³-hybridized carbons (Fsp3) is 0.533. The van der Waals surface area contributed by atoms with Crippen molar-refractivity contribution < 1.29 is 9.90 Å². The van der Waals surface area contributed by atoms with Crippen molar-refractivity contribution in [3.05, 3.63) is 24.0 Å². The summed E-state index contributed by atoms with van der Waals surface area (Å²) in [6, 6.07) is 0. The third kappa shape index (κ3) is 4.82. The summed E-state index contributed by atoms with van der Waals surface area (Å²) >= 11 is 0. The third-order valence-electron chi connectivity index (χ3n) is 3.60. The molecule has 1 aliphatic rings. The Hall–Kier alpha value is -1.95. The zero-order valence-electron chi connectivity index (χ0n) is 12.6. The van der Waals surface area contributed by atoms with Gasteiger partial charge in [0.2, 0.25) is 5.95 Å². The summed E-state index contributed by atoms with van der Waals surface area (Å²) < 4.78 is 0. The van der Waals surface area contributed by atoms with Gasteiger partial charge in [-0.05, 0) is 38.9 Å². The Kier molecular flexibility index (Phi) is 5.27. The number of piperidine rings is 1. The molecular weight excluding hydrogens is 268 g/mol. The zero-order valence-corrected chi connectivity index (χ0v) is 12.6. The summed E-state index contributed by atoms with van der Waals surface area (Å²) in [5.41, 5.74) is 0.698. The van der Waals surface area contributed by atoms with Crippen molar-refractivity contribution in [1.29, 1.82) is 0 Å². The first-order valence-corrected chi connectivity index (χ1v) is 7.17. The molecule has 0 bridgehead atoms. The van der Waals surface area contributed by atoms with E-state index in [9.17, 15) is 4.79 Å². The van der Waals surface area contributed by atoms with Crippen molar-refractivity contribution in [2.75, 3.05) is 38.6 Å². The molecule has 0 aliphatic carbocycles. The normalized spacial score (nSPS) is 16.8. The Morgan fingerprint density at radius 3 is 2.52 bits per heavy atom. The van der Waals surface area contributed by atoms with Crippen molar-refractivity contribution in [1.82, 2.24) is 14.9 Å². The SMILES string of the molecule is CN(C)CC1CCN(c2ncc(/C=C/C(=O)O)cn2)CC1. The van der Waals surface area contributed by atoms with Gasteiger partial charge in [-0.2, -0.15) is 0 Å².